The van der Waals surface area contributed by atoms with Crippen molar-refractivity contribution in [2.75, 3.05) is 0 Å². The van der Waals surface area contributed by atoms with Crippen molar-refractivity contribution in [3.05, 3.63) is 22.9 Å². The van der Waals surface area contributed by atoms with Crippen LogP contribution in [0.15, 0.2) is 17.2 Å². The maximum atomic E-state index is 11.7. The molecule has 2 rings (SSSR count). The molecule has 14 heavy (non-hydrogen) atoms. The van der Waals surface area contributed by atoms with Crippen molar-refractivity contribution in [1.82, 2.24) is 13.3 Å². The number of rotatable bonds is 4. The molecule has 0 bridgehead atoms. The molecule has 2 heterocycles. The fourth-order valence-electron chi connectivity index (χ4n) is 1.41. The number of hydrogen-bond acceptors (Lipinski definition) is 3. The van der Waals surface area contributed by atoms with Crippen LogP contribution in [-0.2, 0) is 6.54 Å². The number of fused-ring (bicyclic) bond motifs is 1. The highest BCUT2D eigenvalue weighted by Gasteiger charge is 2.05. The molecule has 0 unspecified atom stereocenters. The van der Waals surface area contributed by atoms with Crippen molar-refractivity contribution in [1.29, 1.82) is 0 Å². The first-order chi connectivity index (χ1) is 6.83. The van der Waals surface area contributed by atoms with Crippen molar-refractivity contribution in [3.8, 4) is 0 Å². The van der Waals surface area contributed by atoms with E-state index < -0.39 is 0 Å². The number of nitrogens with zero attached hydrogens (tertiary/aromatic N) is 3. The SMILES string of the molecule is CCCCCn1sc2nccn2c1=O. The fourth-order valence-corrected chi connectivity index (χ4v) is 2.33. The summed E-state index contributed by atoms with van der Waals surface area (Å²) in [5.41, 5.74) is 0.0404. The van der Waals surface area contributed by atoms with Gasteiger partial charge in [0.05, 0.1) is 0 Å². The summed E-state index contributed by atoms with van der Waals surface area (Å²) in [5, 5.41) is 0. The predicted octanol–water partition coefficient (Wildman–Crippen LogP) is 1.75. The molecule has 0 amide bonds. The minimum atomic E-state index is 0.0404. The Hall–Kier alpha value is -1.10. The molecule has 0 aliphatic heterocycles. The van der Waals surface area contributed by atoms with Gasteiger partial charge in [0.1, 0.15) is 0 Å². The topological polar surface area (TPSA) is 39.3 Å². The van der Waals surface area contributed by atoms with E-state index in [9.17, 15) is 4.79 Å². The Kier molecular flexibility index (Phi) is 2.67. The maximum Gasteiger partial charge on any atom is 0.343 e. The second kappa shape index (κ2) is 3.96. The van der Waals surface area contributed by atoms with Gasteiger partial charge in [-0.2, -0.15) is 0 Å². The molecule has 0 radical (unpaired) electrons. The summed E-state index contributed by atoms with van der Waals surface area (Å²) in [6, 6.07) is 0. The van der Waals surface area contributed by atoms with E-state index in [0.29, 0.717) is 0 Å². The van der Waals surface area contributed by atoms with Gasteiger partial charge in [-0.15, -0.1) is 0 Å². The lowest BCUT2D eigenvalue weighted by molar-refractivity contribution is 0.613. The lowest BCUT2D eigenvalue weighted by Crippen LogP contribution is -2.18. The van der Waals surface area contributed by atoms with Crippen molar-refractivity contribution in [2.24, 2.45) is 0 Å². The monoisotopic (exact) mass is 211 g/mol. The number of unbranched alkanes of at least 4 members (excludes halogenated alkanes) is 2. The lowest BCUT2D eigenvalue weighted by Gasteiger charge is -1.96. The summed E-state index contributed by atoms with van der Waals surface area (Å²) in [6.45, 7) is 2.98. The Labute approximate surface area is 86.0 Å². The van der Waals surface area contributed by atoms with Crippen LogP contribution < -0.4 is 5.69 Å². The first kappa shape index (κ1) is 9.45. The zero-order valence-electron chi connectivity index (χ0n) is 8.14. The number of hydrogen-bond donors (Lipinski definition) is 0. The van der Waals surface area contributed by atoms with Crippen molar-refractivity contribution >= 4 is 16.5 Å². The van der Waals surface area contributed by atoms with E-state index in [-0.39, 0.29) is 5.69 Å². The first-order valence-corrected chi connectivity index (χ1v) is 5.63. The Balaban J connectivity index is 2.21. The highest BCUT2D eigenvalue weighted by atomic mass is 32.1. The Morgan fingerprint density at radius 2 is 2.36 bits per heavy atom. The fraction of sp³-hybridized carbons (Fsp3) is 0.556. The zero-order chi connectivity index (χ0) is 9.97. The summed E-state index contributed by atoms with van der Waals surface area (Å²) in [7, 11) is 0. The predicted molar refractivity (Wildman–Crippen MR) is 56.9 cm³/mol. The molecule has 0 N–H and O–H groups in total. The van der Waals surface area contributed by atoms with Crippen LogP contribution in [0.1, 0.15) is 26.2 Å². The molecule has 0 aliphatic carbocycles. The number of aryl methyl sites for hydroxylation is 1. The molecule has 0 saturated carbocycles. The van der Waals surface area contributed by atoms with Crippen LogP contribution >= 0.6 is 11.5 Å². The normalized spacial score (nSPS) is 11.2. The second-order valence-corrected chi connectivity index (χ2v) is 4.25. The zero-order valence-corrected chi connectivity index (χ0v) is 8.96. The average Bonchev–Trinajstić information content (AvgIpc) is 2.72. The average molecular weight is 211 g/mol. The van der Waals surface area contributed by atoms with Crippen LogP contribution in [-0.4, -0.2) is 13.3 Å². The minimum absolute atomic E-state index is 0.0404. The van der Waals surface area contributed by atoms with Gasteiger partial charge in [0.25, 0.3) is 0 Å². The Morgan fingerprint density at radius 1 is 1.50 bits per heavy atom. The lowest BCUT2D eigenvalue weighted by atomic mass is 10.2. The standard InChI is InChI=1S/C9H13N3OS/c1-2-3-4-6-12-9(13)11-7-5-10-8(11)14-12/h5,7H,2-4,6H2,1H3. The van der Waals surface area contributed by atoms with Crippen LogP contribution in [0.25, 0.3) is 4.96 Å². The van der Waals surface area contributed by atoms with E-state index in [0.717, 1.165) is 17.9 Å². The summed E-state index contributed by atoms with van der Waals surface area (Å²) >= 11 is 1.44. The molecule has 0 saturated heterocycles. The maximum absolute atomic E-state index is 11.7. The van der Waals surface area contributed by atoms with Crippen molar-refractivity contribution in [2.45, 2.75) is 32.7 Å². The summed E-state index contributed by atoms with van der Waals surface area (Å²) in [4.78, 5) is 16.6. The van der Waals surface area contributed by atoms with Gasteiger partial charge in [0, 0.05) is 18.9 Å². The van der Waals surface area contributed by atoms with Gasteiger partial charge >= 0.3 is 5.69 Å². The summed E-state index contributed by atoms with van der Waals surface area (Å²) < 4.78 is 3.37. The third-order valence-corrected chi connectivity index (χ3v) is 3.21. The van der Waals surface area contributed by atoms with E-state index in [1.807, 2.05) is 0 Å². The Bertz CT molecular complexity index is 468. The van der Waals surface area contributed by atoms with Crippen molar-refractivity contribution < 1.29 is 0 Å². The van der Waals surface area contributed by atoms with Crippen LogP contribution in [0.5, 0.6) is 0 Å². The largest absolute Gasteiger partial charge is 0.343 e. The van der Waals surface area contributed by atoms with Gasteiger partial charge in [-0.05, 0) is 18.0 Å². The van der Waals surface area contributed by atoms with E-state index in [1.54, 1.807) is 20.8 Å². The van der Waals surface area contributed by atoms with Gasteiger partial charge in [0.15, 0.2) is 0 Å². The van der Waals surface area contributed by atoms with Gasteiger partial charge in [-0.3, -0.25) is 0 Å². The van der Waals surface area contributed by atoms with Crippen LogP contribution in [0.4, 0.5) is 0 Å². The smallest absolute Gasteiger partial charge is 0.246 e. The van der Waals surface area contributed by atoms with E-state index in [2.05, 4.69) is 11.9 Å². The Morgan fingerprint density at radius 3 is 3.07 bits per heavy atom. The summed E-state index contributed by atoms with van der Waals surface area (Å²) in [5.74, 6) is 0. The molecule has 0 spiro atoms. The third kappa shape index (κ3) is 1.59. The van der Waals surface area contributed by atoms with Gasteiger partial charge in [0.2, 0.25) is 4.96 Å². The number of imidazole rings is 1. The van der Waals surface area contributed by atoms with Gasteiger partial charge < -0.3 is 0 Å². The van der Waals surface area contributed by atoms with Gasteiger partial charge in [-0.1, -0.05) is 19.8 Å². The van der Waals surface area contributed by atoms with E-state index >= 15 is 0 Å². The quantitative estimate of drug-likeness (QED) is 0.723. The molecular formula is C9H13N3OS. The second-order valence-electron chi connectivity index (χ2n) is 3.26. The van der Waals surface area contributed by atoms with Gasteiger partial charge in [-0.25, -0.2) is 18.1 Å². The summed E-state index contributed by atoms with van der Waals surface area (Å²) in [6.07, 6.45) is 6.79. The van der Waals surface area contributed by atoms with E-state index in [1.165, 1.54) is 24.4 Å². The molecule has 4 nitrogen and oxygen atoms in total. The molecule has 76 valence electrons. The van der Waals surface area contributed by atoms with Crippen LogP contribution in [0, 0.1) is 0 Å². The molecule has 0 atom stereocenters. The van der Waals surface area contributed by atoms with Crippen LogP contribution in [0.3, 0.4) is 0 Å². The molecule has 5 heteroatoms. The third-order valence-electron chi connectivity index (χ3n) is 2.18. The highest BCUT2D eigenvalue weighted by molar-refractivity contribution is 7.11. The minimum Gasteiger partial charge on any atom is -0.246 e. The van der Waals surface area contributed by atoms with Crippen molar-refractivity contribution in [3.63, 3.8) is 0 Å². The molecule has 0 aromatic carbocycles. The molecule has 0 fully saturated rings. The molecule has 0 aliphatic rings. The first-order valence-electron chi connectivity index (χ1n) is 4.86. The molecule has 2 aromatic rings. The highest BCUT2D eigenvalue weighted by Crippen LogP contribution is 2.06. The van der Waals surface area contributed by atoms with Crippen LogP contribution in [0.2, 0.25) is 0 Å². The van der Waals surface area contributed by atoms with E-state index in [4.69, 9.17) is 0 Å². The molecule has 2 aromatic heterocycles. The number of aromatic nitrogens is 3. The molecular weight excluding hydrogens is 198 g/mol.